The molecule has 1 saturated heterocycles. The Bertz CT molecular complexity index is 481. The maximum Gasteiger partial charge on any atom is 0.322 e. The number of rotatable bonds is 3. The van der Waals surface area contributed by atoms with E-state index in [-0.39, 0.29) is 12.1 Å². The number of halogens is 1. The highest BCUT2D eigenvalue weighted by molar-refractivity contribution is 5.91. The molecule has 6 heteroatoms. The molecule has 20 heavy (non-hydrogen) atoms. The van der Waals surface area contributed by atoms with Crippen molar-refractivity contribution in [3.05, 3.63) is 24.0 Å². The summed E-state index contributed by atoms with van der Waals surface area (Å²) in [5.74, 6) is -0.0615. The van der Waals surface area contributed by atoms with E-state index in [9.17, 15) is 9.18 Å². The maximum absolute atomic E-state index is 13.2. The van der Waals surface area contributed by atoms with Gasteiger partial charge in [0, 0.05) is 19.2 Å². The summed E-state index contributed by atoms with van der Waals surface area (Å²) in [4.78, 5) is 13.8. The van der Waals surface area contributed by atoms with Crippen molar-refractivity contribution in [2.24, 2.45) is 0 Å². The van der Waals surface area contributed by atoms with Crippen LogP contribution in [0.25, 0.3) is 0 Å². The zero-order valence-corrected chi connectivity index (χ0v) is 11.7. The van der Waals surface area contributed by atoms with Crippen molar-refractivity contribution in [1.29, 1.82) is 0 Å². The minimum atomic E-state index is -0.397. The molecule has 5 nitrogen and oxygen atoms in total. The van der Waals surface area contributed by atoms with Gasteiger partial charge in [-0.25, -0.2) is 9.18 Å². The number of hydrogen-bond donors (Lipinski definition) is 1. The SMILES string of the molecule is CCOc1cc(F)ccc1NC(=O)N1CCO[C@@H](C)C1. The van der Waals surface area contributed by atoms with Gasteiger partial charge >= 0.3 is 6.03 Å². The number of carbonyl (C=O) groups is 1. The standard InChI is InChI=1S/C14H19FN2O3/c1-3-19-13-8-11(15)4-5-12(13)16-14(18)17-6-7-20-10(2)9-17/h4-5,8,10H,3,6-7,9H2,1-2H3,(H,16,18)/t10-/m0/s1. The summed E-state index contributed by atoms with van der Waals surface area (Å²) in [5.41, 5.74) is 0.470. The van der Waals surface area contributed by atoms with E-state index in [4.69, 9.17) is 9.47 Å². The van der Waals surface area contributed by atoms with Gasteiger partial charge in [-0.2, -0.15) is 0 Å². The fourth-order valence-electron chi connectivity index (χ4n) is 2.07. The zero-order chi connectivity index (χ0) is 14.5. The fourth-order valence-corrected chi connectivity index (χ4v) is 2.07. The molecule has 1 heterocycles. The molecule has 0 aliphatic carbocycles. The number of morpholine rings is 1. The van der Waals surface area contributed by atoms with Gasteiger partial charge in [0.2, 0.25) is 0 Å². The summed E-state index contributed by atoms with van der Waals surface area (Å²) in [6, 6.07) is 3.83. The molecule has 1 aromatic rings. The highest BCUT2D eigenvalue weighted by atomic mass is 19.1. The van der Waals surface area contributed by atoms with Gasteiger partial charge in [0.05, 0.1) is 25.0 Å². The van der Waals surface area contributed by atoms with E-state index in [1.165, 1.54) is 18.2 Å². The Balaban J connectivity index is 2.06. The summed E-state index contributed by atoms with van der Waals surface area (Å²) < 4.78 is 23.9. The molecule has 1 aliphatic heterocycles. The van der Waals surface area contributed by atoms with Crippen LogP contribution in [0.5, 0.6) is 5.75 Å². The van der Waals surface area contributed by atoms with Crippen LogP contribution >= 0.6 is 0 Å². The topological polar surface area (TPSA) is 50.8 Å². The molecule has 0 aromatic heterocycles. The van der Waals surface area contributed by atoms with Crippen LogP contribution in [0.1, 0.15) is 13.8 Å². The number of hydrogen-bond acceptors (Lipinski definition) is 3. The van der Waals surface area contributed by atoms with E-state index >= 15 is 0 Å². The largest absolute Gasteiger partial charge is 0.492 e. The lowest BCUT2D eigenvalue weighted by atomic mass is 10.2. The first kappa shape index (κ1) is 14.6. The van der Waals surface area contributed by atoms with Gasteiger partial charge in [-0.1, -0.05) is 0 Å². The van der Waals surface area contributed by atoms with Crippen LogP contribution in [0.15, 0.2) is 18.2 Å². The van der Waals surface area contributed by atoms with E-state index in [0.717, 1.165) is 0 Å². The smallest absolute Gasteiger partial charge is 0.322 e. The second-order valence-electron chi connectivity index (χ2n) is 4.63. The Kier molecular flexibility index (Phi) is 4.79. The Morgan fingerprint density at radius 3 is 3.10 bits per heavy atom. The second-order valence-corrected chi connectivity index (χ2v) is 4.63. The van der Waals surface area contributed by atoms with Crippen LogP contribution in [0.2, 0.25) is 0 Å². The van der Waals surface area contributed by atoms with Crippen LogP contribution in [-0.2, 0) is 4.74 Å². The summed E-state index contributed by atoms with van der Waals surface area (Å²) >= 11 is 0. The number of benzene rings is 1. The minimum absolute atomic E-state index is 0.0223. The maximum atomic E-state index is 13.2. The molecular weight excluding hydrogens is 263 g/mol. The molecular formula is C14H19FN2O3. The average molecular weight is 282 g/mol. The molecule has 1 N–H and O–H groups in total. The molecule has 0 spiro atoms. The van der Waals surface area contributed by atoms with Gasteiger partial charge in [-0.15, -0.1) is 0 Å². The molecule has 1 fully saturated rings. The number of nitrogens with one attached hydrogen (secondary N) is 1. The van der Waals surface area contributed by atoms with E-state index in [1.807, 2.05) is 6.92 Å². The van der Waals surface area contributed by atoms with E-state index in [1.54, 1.807) is 11.8 Å². The van der Waals surface area contributed by atoms with Crippen LogP contribution in [0, 0.1) is 5.82 Å². The summed E-state index contributed by atoms with van der Waals surface area (Å²) in [6.07, 6.45) is 0.0223. The van der Waals surface area contributed by atoms with Crippen molar-refractivity contribution >= 4 is 11.7 Å². The summed E-state index contributed by atoms with van der Waals surface area (Å²) in [5, 5.41) is 2.75. The highest BCUT2D eigenvalue weighted by Crippen LogP contribution is 2.26. The lowest BCUT2D eigenvalue weighted by molar-refractivity contribution is -0.00139. The van der Waals surface area contributed by atoms with Crippen molar-refractivity contribution in [3.8, 4) is 5.75 Å². The van der Waals surface area contributed by atoms with E-state index in [0.29, 0.717) is 37.7 Å². The van der Waals surface area contributed by atoms with Crippen LogP contribution in [-0.4, -0.2) is 43.3 Å². The molecule has 0 radical (unpaired) electrons. The van der Waals surface area contributed by atoms with Gasteiger partial charge < -0.3 is 19.7 Å². The monoisotopic (exact) mass is 282 g/mol. The molecule has 110 valence electrons. The molecule has 1 aliphatic rings. The Morgan fingerprint density at radius 2 is 2.40 bits per heavy atom. The molecule has 1 atom stereocenters. The summed E-state index contributed by atoms with van der Waals surface area (Å²) in [6.45, 7) is 5.73. The first-order valence-electron chi connectivity index (χ1n) is 6.70. The molecule has 2 rings (SSSR count). The van der Waals surface area contributed by atoms with Gasteiger partial charge in [0.25, 0.3) is 0 Å². The molecule has 0 unspecified atom stereocenters. The van der Waals surface area contributed by atoms with Crippen LogP contribution in [0.3, 0.4) is 0 Å². The van der Waals surface area contributed by atoms with Gasteiger partial charge in [0.15, 0.2) is 0 Å². The Morgan fingerprint density at radius 1 is 1.60 bits per heavy atom. The number of carbonyl (C=O) groups excluding carboxylic acids is 1. The highest BCUT2D eigenvalue weighted by Gasteiger charge is 2.22. The number of nitrogens with zero attached hydrogens (tertiary/aromatic N) is 1. The van der Waals surface area contributed by atoms with Crippen LogP contribution < -0.4 is 10.1 Å². The fraction of sp³-hybridized carbons (Fsp3) is 0.500. The molecule has 2 amide bonds. The third-order valence-corrected chi connectivity index (χ3v) is 3.01. The number of urea groups is 1. The third kappa shape index (κ3) is 3.60. The Hall–Kier alpha value is -1.82. The molecule has 1 aromatic carbocycles. The van der Waals surface area contributed by atoms with Crippen molar-refractivity contribution in [2.45, 2.75) is 20.0 Å². The van der Waals surface area contributed by atoms with Crippen molar-refractivity contribution < 1.29 is 18.7 Å². The van der Waals surface area contributed by atoms with Gasteiger partial charge in [-0.3, -0.25) is 0 Å². The van der Waals surface area contributed by atoms with E-state index in [2.05, 4.69) is 5.32 Å². The predicted molar refractivity (Wildman–Crippen MR) is 73.6 cm³/mol. The van der Waals surface area contributed by atoms with Crippen molar-refractivity contribution in [2.75, 3.05) is 31.6 Å². The quantitative estimate of drug-likeness (QED) is 0.926. The minimum Gasteiger partial charge on any atom is -0.492 e. The van der Waals surface area contributed by atoms with Gasteiger partial charge in [0.1, 0.15) is 11.6 Å². The van der Waals surface area contributed by atoms with Crippen molar-refractivity contribution in [1.82, 2.24) is 4.90 Å². The molecule has 0 saturated carbocycles. The average Bonchev–Trinajstić information content (AvgIpc) is 2.42. The lowest BCUT2D eigenvalue weighted by Crippen LogP contribution is -2.46. The normalized spacial score (nSPS) is 18.8. The lowest BCUT2D eigenvalue weighted by Gasteiger charge is -2.31. The second kappa shape index (κ2) is 6.56. The van der Waals surface area contributed by atoms with E-state index < -0.39 is 5.82 Å². The Labute approximate surface area is 117 Å². The first-order chi connectivity index (χ1) is 9.60. The third-order valence-electron chi connectivity index (χ3n) is 3.01. The van der Waals surface area contributed by atoms with Crippen molar-refractivity contribution in [3.63, 3.8) is 0 Å². The molecule has 0 bridgehead atoms. The summed E-state index contributed by atoms with van der Waals surface area (Å²) in [7, 11) is 0. The predicted octanol–water partition coefficient (Wildman–Crippen LogP) is 2.48. The number of ether oxygens (including phenoxy) is 2. The van der Waals surface area contributed by atoms with Gasteiger partial charge in [-0.05, 0) is 26.0 Å². The number of anilines is 1. The first-order valence-corrected chi connectivity index (χ1v) is 6.70. The zero-order valence-electron chi connectivity index (χ0n) is 11.7. The number of amides is 2. The van der Waals surface area contributed by atoms with Crippen LogP contribution in [0.4, 0.5) is 14.9 Å².